The van der Waals surface area contributed by atoms with Crippen molar-refractivity contribution < 1.29 is 9.52 Å². The third-order valence-electron chi connectivity index (χ3n) is 2.53. The quantitative estimate of drug-likeness (QED) is 0.770. The molecule has 0 aliphatic rings. The molecule has 1 aromatic heterocycles. The Morgan fingerprint density at radius 1 is 1.41 bits per heavy atom. The van der Waals surface area contributed by atoms with Gasteiger partial charge in [-0.2, -0.15) is 4.98 Å². The number of oxazole rings is 1. The first-order chi connectivity index (χ1) is 8.24. The molecule has 0 bridgehead atoms. The van der Waals surface area contributed by atoms with E-state index in [0.29, 0.717) is 23.8 Å². The maximum absolute atomic E-state index is 9.01. The minimum Gasteiger partial charge on any atom is -0.423 e. The van der Waals surface area contributed by atoms with Gasteiger partial charge in [-0.25, -0.2) is 0 Å². The molecule has 17 heavy (non-hydrogen) atoms. The van der Waals surface area contributed by atoms with Crippen LogP contribution in [-0.4, -0.2) is 29.8 Å². The van der Waals surface area contributed by atoms with Crippen LogP contribution in [0.1, 0.15) is 13.3 Å². The largest absolute Gasteiger partial charge is 0.423 e. The van der Waals surface area contributed by atoms with E-state index in [1.54, 1.807) is 12.1 Å². The van der Waals surface area contributed by atoms with Gasteiger partial charge in [0.05, 0.1) is 6.61 Å². The van der Waals surface area contributed by atoms with Crippen molar-refractivity contribution in [3.05, 3.63) is 18.2 Å². The Bertz CT molecular complexity index is 489. The van der Waals surface area contributed by atoms with E-state index in [9.17, 15) is 0 Å². The molecule has 1 heterocycles. The predicted octanol–water partition coefficient (Wildman–Crippen LogP) is 1.62. The summed E-state index contributed by atoms with van der Waals surface area (Å²) >= 11 is 0. The molecule has 92 valence electrons. The summed E-state index contributed by atoms with van der Waals surface area (Å²) in [6, 6.07) is 5.92. The number of fused-ring (bicyclic) bond motifs is 1. The van der Waals surface area contributed by atoms with Crippen LogP contribution in [0.15, 0.2) is 22.6 Å². The van der Waals surface area contributed by atoms with Crippen LogP contribution in [0.5, 0.6) is 0 Å². The molecule has 3 N–H and O–H groups in total. The van der Waals surface area contributed by atoms with Crippen LogP contribution in [0.3, 0.4) is 0 Å². The van der Waals surface area contributed by atoms with E-state index in [1.165, 1.54) is 0 Å². The highest BCUT2D eigenvalue weighted by atomic mass is 16.4. The smallest absolute Gasteiger partial charge is 0.298 e. The zero-order valence-corrected chi connectivity index (χ0v) is 9.89. The molecule has 0 amide bonds. The van der Waals surface area contributed by atoms with Gasteiger partial charge < -0.3 is 20.2 Å². The van der Waals surface area contributed by atoms with Crippen molar-refractivity contribution in [1.29, 1.82) is 0 Å². The van der Waals surface area contributed by atoms with Crippen molar-refractivity contribution in [2.24, 2.45) is 0 Å². The Labute approximate surface area is 99.8 Å². The van der Waals surface area contributed by atoms with E-state index in [4.69, 9.17) is 15.3 Å². The molecule has 0 atom stereocenters. The van der Waals surface area contributed by atoms with Crippen LogP contribution >= 0.6 is 0 Å². The molecule has 0 fully saturated rings. The summed E-state index contributed by atoms with van der Waals surface area (Å²) in [6.45, 7) is 3.49. The average Bonchev–Trinajstić information content (AvgIpc) is 2.71. The van der Waals surface area contributed by atoms with Crippen molar-refractivity contribution in [3.63, 3.8) is 0 Å². The van der Waals surface area contributed by atoms with Crippen molar-refractivity contribution in [1.82, 2.24) is 4.98 Å². The van der Waals surface area contributed by atoms with E-state index in [1.807, 2.05) is 11.0 Å². The van der Waals surface area contributed by atoms with Crippen LogP contribution in [0.2, 0.25) is 0 Å². The highest BCUT2D eigenvalue weighted by Gasteiger charge is 2.12. The molecule has 5 heteroatoms. The molecule has 0 unspecified atom stereocenters. The molecule has 2 rings (SSSR count). The van der Waals surface area contributed by atoms with Gasteiger partial charge in [0, 0.05) is 18.8 Å². The van der Waals surface area contributed by atoms with E-state index < -0.39 is 0 Å². The minimum atomic E-state index is 0.0842. The van der Waals surface area contributed by atoms with Crippen molar-refractivity contribution >= 4 is 22.8 Å². The summed E-state index contributed by atoms with van der Waals surface area (Å²) in [5.74, 6) is 0. The number of nitrogens with two attached hydrogens (primary N) is 1. The minimum absolute atomic E-state index is 0.0842. The lowest BCUT2D eigenvalue weighted by molar-refractivity contribution is 0.299. The highest BCUT2D eigenvalue weighted by molar-refractivity contribution is 5.78. The number of hydrogen-bond donors (Lipinski definition) is 2. The van der Waals surface area contributed by atoms with Crippen LogP contribution in [0.4, 0.5) is 11.7 Å². The molecule has 0 radical (unpaired) electrons. The number of anilines is 2. The molecule has 0 aliphatic heterocycles. The van der Waals surface area contributed by atoms with Crippen LogP contribution < -0.4 is 10.6 Å². The van der Waals surface area contributed by atoms with E-state index in [2.05, 4.69) is 11.9 Å². The Morgan fingerprint density at radius 3 is 2.94 bits per heavy atom. The van der Waals surface area contributed by atoms with Crippen molar-refractivity contribution in [3.8, 4) is 0 Å². The number of benzene rings is 1. The molecule has 0 saturated carbocycles. The summed E-state index contributed by atoms with van der Waals surface area (Å²) < 4.78 is 5.64. The maximum Gasteiger partial charge on any atom is 0.298 e. The highest BCUT2D eigenvalue weighted by Crippen LogP contribution is 2.23. The second kappa shape index (κ2) is 5.05. The zero-order chi connectivity index (χ0) is 12.3. The monoisotopic (exact) mass is 235 g/mol. The Morgan fingerprint density at radius 2 is 2.24 bits per heavy atom. The second-order valence-electron chi connectivity index (χ2n) is 3.93. The Kier molecular flexibility index (Phi) is 3.49. The molecule has 0 spiro atoms. The number of nitrogens with zero attached hydrogens (tertiary/aromatic N) is 2. The molecular weight excluding hydrogens is 218 g/mol. The maximum atomic E-state index is 9.01. The van der Waals surface area contributed by atoms with Crippen molar-refractivity contribution in [2.75, 3.05) is 30.3 Å². The Hall–Kier alpha value is -1.75. The number of hydrogen-bond acceptors (Lipinski definition) is 5. The molecule has 0 saturated heterocycles. The zero-order valence-electron chi connectivity index (χ0n) is 9.89. The van der Waals surface area contributed by atoms with E-state index in [0.717, 1.165) is 18.5 Å². The lowest BCUT2D eigenvalue weighted by Crippen LogP contribution is -2.27. The topological polar surface area (TPSA) is 75.5 Å². The number of aliphatic hydroxyl groups is 1. The fraction of sp³-hybridized carbons (Fsp3) is 0.417. The van der Waals surface area contributed by atoms with Crippen LogP contribution in [0, 0.1) is 0 Å². The lowest BCUT2D eigenvalue weighted by atomic mass is 10.3. The van der Waals surface area contributed by atoms with Gasteiger partial charge in [-0.1, -0.05) is 6.92 Å². The normalized spacial score (nSPS) is 10.9. The molecular formula is C12H17N3O2. The average molecular weight is 235 g/mol. The molecule has 2 aromatic rings. The van der Waals surface area contributed by atoms with Crippen LogP contribution in [-0.2, 0) is 0 Å². The fourth-order valence-corrected chi connectivity index (χ4v) is 1.76. The number of aromatic nitrogens is 1. The first kappa shape index (κ1) is 11.7. The second-order valence-corrected chi connectivity index (χ2v) is 3.93. The number of rotatable bonds is 5. The fourth-order valence-electron chi connectivity index (χ4n) is 1.76. The number of aliphatic hydroxyl groups excluding tert-OH is 1. The summed E-state index contributed by atoms with van der Waals surface area (Å²) in [4.78, 5) is 6.31. The summed E-state index contributed by atoms with van der Waals surface area (Å²) in [7, 11) is 0. The summed E-state index contributed by atoms with van der Waals surface area (Å²) in [5.41, 5.74) is 7.82. The van der Waals surface area contributed by atoms with Gasteiger partial charge in [-0.15, -0.1) is 0 Å². The first-order valence-corrected chi connectivity index (χ1v) is 5.76. The van der Waals surface area contributed by atoms with Gasteiger partial charge in [0.2, 0.25) is 0 Å². The van der Waals surface area contributed by atoms with Gasteiger partial charge >= 0.3 is 0 Å². The van der Waals surface area contributed by atoms with E-state index >= 15 is 0 Å². The van der Waals surface area contributed by atoms with Crippen molar-refractivity contribution in [2.45, 2.75) is 13.3 Å². The first-order valence-electron chi connectivity index (χ1n) is 5.76. The lowest BCUT2D eigenvalue weighted by Gasteiger charge is -2.17. The summed E-state index contributed by atoms with van der Waals surface area (Å²) in [6.07, 6.45) is 0.973. The number of nitrogen functional groups attached to an aromatic ring is 1. The predicted molar refractivity (Wildman–Crippen MR) is 68.0 cm³/mol. The molecule has 5 nitrogen and oxygen atoms in total. The van der Waals surface area contributed by atoms with Crippen LogP contribution in [0.25, 0.3) is 11.1 Å². The van der Waals surface area contributed by atoms with Gasteiger partial charge in [0.1, 0.15) is 5.52 Å². The third kappa shape index (κ3) is 2.50. The van der Waals surface area contributed by atoms with Gasteiger partial charge in [0.25, 0.3) is 6.01 Å². The Balaban J connectivity index is 2.33. The van der Waals surface area contributed by atoms with Gasteiger partial charge in [-0.3, -0.25) is 0 Å². The SMILES string of the molecule is CCCN(CCO)c1nc2cc(N)ccc2o1. The van der Waals surface area contributed by atoms with E-state index in [-0.39, 0.29) is 6.61 Å². The third-order valence-corrected chi connectivity index (χ3v) is 2.53. The van der Waals surface area contributed by atoms with Gasteiger partial charge in [0.15, 0.2) is 5.58 Å². The molecule has 1 aromatic carbocycles. The van der Waals surface area contributed by atoms with Gasteiger partial charge in [-0.05, 0) is 24.6 Å². The standard InChI is InChI=1S/C12H17N3O2/c1-2-5-15(6-7-16)12-14-10-8-9(13)3-4-11(10)17-12/h3-4,8,16H,2,5-7,13H2,1H3. The molecule has 0 aliphatic carbocycles. The summed E-state index contributed by atoms with van der Waals surface area (Å²) in [5, 5.41) is 9.01.